The van der Waals surface area contributed by atoms with E-state index in [-0.39, 0.29) is 11.5 Å². The fourth-order valence-corrected chi connectivity index (χ4v) is 4.87. The first-order chi connectivity index (χ1) is 10.8. The maximum Gasteiger partial charge on any atom is 0.326 e. The van der Waals surface area contributed by atoms with Crippen LogP contribution >= 0.6 is 0 Å². The molecule has 0 radical (unpaired) electrons. The van der Waals surface area contributed by atoms with Crippen molar-refractivity contribution in [2.24, 2.45) is 5.92 Å². The summed E-state index contributed by atoms with van der Waals surface area (Å²) in [6, 6.07) is 10.5. The zero-order chi connectivity index (χ0) is 16.7. The van der Waals surface area contributed by atoms with Gasteiger partial charge in [0.2, 0.25) is 0 Å². The van der Waals surface area contributed by atoms with Gasteiger partial charge < -0.3 is 4.74 Å². The normalized spacial score (nSPS) is 31.1. The standard InChI is InChI=1S/C20H29NO2/c1-19(2,3)21-17-12-8-11-16(17)13-20(21,4)18(22)23-14-15-9-6-5-7-10-15/h5-7,9-10,16-17H,8,11-14H2,1-4H3/t16-,17-,20?/m0/s1. The Balaban J connectivity index is 1.77. The number of rotatable bonds is 3. The largest absolute Gasteiger partial charge is 0.459 e. The van der Waals surface area contributed by atoms with Crippen molar-refractivity contribution in [2.45, 2.75) is 77.1 Å². The highest BCUT2D eigenvalue weighted by Crippen LogP contribution is 2.50. The van der Waals surface area contributed by atoms with Crippen LogP contribution in [0.3, 0.4) is 0 Å². The minimum Gasteiger partial charge on any atom is -0.459 e. The number of nitrogens with zero attached hydrogens (tertiary/aromatic N) is 1. The van der Waals surface area contributed by atoms with E-state index in [4.69, 9.17) is 4.74 Å². The van der Waals surface area contributed by atoms with E-state index in [1.54, 1.807) is 0 Å². The lowest BCUT2D eigenvalue weighted by Crippen LogP contribution is -2.59. The molecular weight excluding hydrogens is 286 g/mol. The molecule has 1 saturated heterocycles. The summed E-state index contributed by atoms with van der Waals surface area (Å²) in [6.07, 6.45) is 4.68. The number of hydrogen-bond donors (Lipinski definition) is 0. The van der Waals surface area contributed by atoms with Crippen molar-refractivity contribution in [3.05, 3.63) is 35.9 Å². The molecule has 0 bridgehead atoms. The van der Waals surface area contributed by atoms with Crippen molar-refractivity contribution in [1.29, 1.82) is 0 Å². The van der Waals surface area contributed by atoms with Crippen molar-refractivity contribution in [3.8, 4) is 0 Å². The quantitative estimate of drug-likeness (QED) is 0.784. The van der Waals surface area contributed by atoms with Crippen LogP contribution in [0.4, 0.5) is 0 Å². The highest BCUT2D eigenvalue weighted by atomic mass is 16.5. The highest BCUT2D eigenvalue weighted by Gasteiger charge is 2.58. The molecule has 23 heavy (non-hydrogen) atoms. The van der Waals surface area contributed by atoms with Gasteiger partial charge in [-0.1, -0.05) is 36.8 Å². The number of esters is 1. The van der Waals surface area contributed by atoms with Gasteiger partial charge in [-0.2, -0.15) is 0 Å². The topological polar surface area (TPSA) is 29.5 Å². The van der Waals surface area contributed by atoms with Gasteiger partial charge in [0.05, 0.1) is 0 Å². The van der Waals surface area contributed by atoms with Gasteiger partial charge in [0.25, 0.3) is 0 Å². The summed E-state index contributed by atoms with van der Waals surface area (Å²) in [5.74, 6) is 0.578. The average Bonchev–Trinajstić information content (AvgIpc) is 3.02. The Kier molecular flexibility index (Phi) is 4.26. The third-order valence-corrected chi connectivity index (χ3v) is 5.52. The Morgan fingerprint density at radius 1 is 1.26 bits per heavy atom. The van der Waals surface area contributed by atoms with Crippen LogP contribution in [0, 0.1) is 5.92 Å². The molecule has 0 amide bonds. The number of benzene rings is 1. The van der Waals surface area contributed by atoms with Crippen LogP contribution in [0.1, 0.15) is 58.9 Å². The summed E-state index contributed by atoms with van der Waals surface area (Å²) in [5.41, 5.74) is 0.525. The van der Waals surface area contributed by atoms with Crippen molar-refractivity contribution >= 4 is 5.97 Å². The monoisotopic (exact) mass is 315 g/mol. The van der Waals surface area contributed by atoms with Gasteiger partial charge in [-0.05, 0) is 58.4 Å². The summed E-state index contributed by atoms with van der Waals surface area (Å²) < 4.78 is 5.73. The summed E-state index contributed by atoms with van der Waals surface area (Å²) >= 11 is 0. The molecule has 0 N–H and O–H groups in total. The molecule has 3 nitrogen and oxygen atoms in total. The van der Waals surface area contributed by atoms with E-state index < -0.39 is 5.54 Å². The third kappa shape index (κ3) is 3.03. The van der Waals surface area contributed by atoms with Gasteiger partial charge in [0.15, 0.2) is 0 Å². The van der Waals surface area contributed by atoms with Crippen LogP contribution in [0.25, 0.3) is 0 Å². The molecule has 1 aliphatic heterocycles. The Morgan fingerprint density at radius 2 is 1.96 bits per heavy atom. The molecular formula is C20H29NO2. The molecule has 126 valence electrons. The van der Waals surface area contributed by atoms with Gasteiger partial charge >= 0.3 is 5.97 Å². The fraction of sp³-hybridized carbons (Fsp3) is 0.650. The molecule has 2 fully saturated rings. The SMILES string of the molecule is CC(C)(C)N1[C@H]2CCC[C@H]2CC1(C)C(=O)OCc1ccccc1. The second-order valence-electron chi connectivity index (χ2n) is 8.34. The predicted octanol–water partition coefficient (Wildman–Crippen LogP) is 4.16. The van der Waals surface area contributed by atoms with Crippen molar-refractivity contribution < 1.29 is 9.53 Å². The molecule has 1 heterocycles. The lowest BCUT2D eigenvalue weighted by atomic mass is 9.91. The number of carbonyl (C=O) groups excluding carboxylic acids is 1. The zero-order valence-electron chi connectivity index (χ0n) is 14.8. The van der Waals surface area contributed by atoms with Crippen molar-refractivity contribution in [1.82, 2.24) is 4.90 Å². The van der Waals surface area contributed by atoms with Gasteiger partial charge in [-0.15, -0.1) is 0 Å². The second-order valence-corrected chi connectivity index (χ2v) is 8.34. The predicted molar refractivity (Wildman–Crippen MR) is 92.0 cm³/mol. The Labute approximate surface area is 140 Å². The van der Waals surface area contributed by atoms with Crippen LogP contribution in [0.15, 0.2) is 30.3 Å². The van der Waals surface area contributed by atoms with Gasteiger partial charge in [0.1, 0.15) is 12.1 Å². The summed E-state index contributed by atoms with van der Waals surface area (Å²) in [5, 5.41) is 0. The van der Waals surface area contributed by atoms with Gasteiger partial charge in [-0.25, -0.2) is 0 Å². The Hall–Kier alpha value is -1.35. The number of likely N-dealkylation sites (tertiary alicyclic amines) is 1. The van der Waals surface area contributed by atoms with Crippen LogP contribution in [0.2, 0.25) is 0 Å². The van der Waals surface area contributed by atoms with Crippen LogP contribution < -0.4 is 0 Å². The molecule has 1 aliphatic carbocycles. The van der Waals surface area contributed by atoms with E-state index >= 15 is 0 Å². The number of fused-ring (bicyclic) bond motifs is 1. The van der Waals surface area contributed by atoms with Crippen LogP contribution in [-0.2, 0) is 16.1 Å². The summed E-state index contributed by atoms with van der Waals surface area (Å²) in [6.45, 7) is 9.11. The first-order valence-electron chi connectivity index (χ1n) is 8.83. The van der Waals surface area contributed by atoms with E-state index in [0.29, 0.717) is 18.6 Å². The zero-order valence-corrected chi connectivity index (χ0v) is 14.8. The summed E-state index contributed by atoms with van der Waals surface area (Å²) in [4.78, 5) is 15.4. The molecule has 1 aromatic rings. The molecule has 3 atom stereocenters. The molecule has 1 unspecified atom stereocenters. The molecule has 1 aromatic carbocycles. The number of hydrogen-bond acceptors (Lipinski definition) is 3. The first-order valence-corrected chi connectivity index (χ1v) is 8.83. The molecule has 0 spiro atoms. The van der Waals surface area contributed by atoms with Crippen molar-refractivity contribution in [3.63, 3.8) is 0 Å². The minimum atomic E-state index is -0.497. The van der Waals surface area contributed by atoms with E-state index in [1.165, 1.54) is 19.3 Å². The van der Waals surface area contributed by atoms with Crippen LogP contribution in [-0.4, -0.2) is 28.0 Å². The fourth-order valence-electron chi connectivity index (χ4n) is 4.87. The lowest BCUT2D eigenvalue weighted by Gasteiger charge is -2.45. The van der Waals surface area contributed by atoms with E-state index in [1.807, 2.05) is 30.3 Å². The number of ether oxygens (including phenoxy) is 1. The Morgan fingerprint density at radius 3 is 2.61 bits per heavy atom. The molecule has 1 saturated carbocycles. The smallest absolute Gasteiger partial charge is 0.326 e. The maximum atomic E-state index is 13.0. The molecule has 0 aromatic heterocycles. The molecule has 2 aliphatic rings. The van der Waals surface area contributed by atoms with Crippen LogP contribution in [0.5, 0.6) is 0 Å². The molecule has 3 heteroatoms. The van der Waals surface area contributed by atoms with Crippen molar-refractivity contribution in [2.75, 3.05) is 0 Å². The lowest BCUT2D eigenvalue weighted by molar-refractivity contribution is -0.161. The minimum absolute atomic E-state index is 0.0235. The molecule has 3 rings (SSSR count). The highest BCUT2D eigenvalue weighted by molar-refractivity contribution is 5.81. The number of carbonyl (C=O) groups is 1. The summed E-state index contributed by atoms with van der Waals surface area (Å²) in [7, 11) is 0. The van der Waals surface area contributed by atoms with Gasteiger partial charge in [-0.3, -0.25) is 9.69 Å². The first kappa shape index (κ1) is 16.5. The van der Waals surface area contributed by atoms with E-state index in [0.717, 1.165) is 12.0 Å². The van der Waals surface area contributed by atoms with Gasteiger partial charge in [0, 0.05) is 11.6 Å². The second kappa shape index (κ2) is 5.94. The van der Waals surface area contributed by atoms with E-state index in [9.17, 15) is 4.79 Å². The van der Waals surface area contributed by atoms with E-state index in [2.05, 4.69) is 32.6 Å². The average molecular weight is 315 g/mol. The third-order valence-electron chi connectivity index (χ3n) is 5.52. The Bertz CT molecular complexity index is 563. The maximum absolute atomic E-state index is 13.0.